The number of anilines is 1. The predicted octanol–water partition coefficient (Wildman–Crippen LogP) is 1.29. The molecule has 2 aliphatic rings. The van der Waals surface area contributed by atoms with E-state index in [2.05, 4.69) is 11.0 Å². The third kappa shape index (κ3) is 4.91. The largest absolute Gasteiger partial charge is 0.463 e. The second-order valence-corrected chi connectivity index (χ2v) is 9.98. The first kappa shape index (κ1) is 22.9. The van der Waals surface area contributed by atoms with Crippen molar-refractivity contribution in [1.29, 1.82) is 0 Å². The summed E-state index contributed by atoms with van der Waals surface area (Å²) in [5.41, 5.74) is 2.79. The fourth-order valence-corrected chi connectivity index (χ4v) is 5.31. The number of amides is 2. The summed E-state index contributed by atoms with van der Waals surface area (Å²) in [7, 11) is -3.83. The van der Waals surface area contributed by atoms with E-state index in [0.29, 0.717) is 24.2 Å². The second-order valence-electron chi connectivity index (χ2n) is 8.01. The normalized spacial score (nSPS) is 16.8. The number of fused-ring (bicyclic) bond motifs is 1. The Morgan fingerprint density at radius 3 is 2.18 bits per heavy atom. The number of rotatable bonds is 7. The molecule has 0 N–H and O–H groups in total. The highest BCUT2D eigenvalue weighted by molar-refractivity contribution is 7.89. The third-order valence-electron chi connectivity index (χ3n) is 5.76. The van der Waals surface area contributed by atoms with Gasteiger partial charge in [-0.3, -0.25) is 19.3 Å². The zero-order chi connectivity index (χ0) is 23.6. The van der Waals surface area contributed by atoms with Gasteiger partial charge in [0.05, 0.1) is 17.7 Å². The van der Waals surface area contributed by atoms with Crippen molar-refractivity contribution in [1.82, 2.24) is 9.21 Å². The van der Waals surface area contributed by atoms with E-state index in [9.17, 15) is 22.8 Å². The standard InChI is InChI=1S/C23H25N3O6S/c1-17-5-4-6-18(15-17)24-9-11-25(12-10-24)33(30,31)16-21(27)32-14-13-26-22(28)19-7-2-3-8-20(19)23(26)29/h2-8,15H,9-14,16H2,1H3. The van der Waals surface area contributed by atoms with E-state index in [1.807, 2.05) is 25.1 Å². The molecule has 0 bridgehead atoms. The zero-order valence-electron chi connectivity index (χ0n) is 18.3. The molecule has 0 radical (unpaired) electrons. The molecule has 4 rings (SSSR count). The number of hydrogen-bond acceptors (Lipinski definition) is 7. The molecule has 0 saturated carbocycles. The lowest BCUT2D eigenvalue weighted by atomic mass is 10.1. The minimum atomic E-state index is -3.83. The Labute approximate surface area is 192 Å². The zero-order valence-corrected chi connectivity index (χ0v) is 19.1. The summed E-state index contributed by atoms with van der Waals surface area (Å²) in [4.78, 5) is 39.9. The van der Waals surface area contributed by atoms with Gasteiger partial charge >= 0.3 is 5.97 Å². The third-order valence-corrected chi connectivity index (χ3v) is 7.51. The molecule has 2 aliphatic heterocycles. The number of piperazine rings is 1. The molecule has 10 heteroatoms. The van der Waals surface area contributed by atoms with Gasteiger partial charge in [0.15, 0.2) is 5.75 Å². The van der Waals surface area contributed by atoms with Crippen LogP contribution in [0.15, 0.2) is 48.5 Å². The molecule has 0 atom stereocenters. The van der Waals surface area contributed by atoms with Gasteiger partial charge in [0.1, 0.15) is 6.61 Å². The van der Waals surface area contributed by atoms with E-state index in [1.165, 1.54) is 4.31 Å². The lowest BCUT2D eigenvalue weighted by Gasteiger charge is -2.35. The highest BCUT2D eigenvalue weighted by Gasteiger charge is 2.35. The van der Waals surface area contributed by atoms with E-state index in [-0.39, 0.29) is 26.2 Å². The number of carbonyl (C=O) groups is 3. The molecular formula is C23H25N3O6S. The molecule has 174 valence electrons. The fraction of sp³-hybridized carbons (Fsp3) is 0.348. The van der Waals surface area contributed by atoms with Crippen LogP contribution < -0.4 is 4.90 Å². The van der Waals surface area contributed by atoms with Crippen LogP contribution in [-0.2, 0) is 19.6 Å². The van der Waals surface area contributed by atoms with Crippen molar-refractivity contribution >= 4 is 33.5 Å². The molecule has 1 saturated heterocycles. The molecule has 9 nitrogen and oxygen atoms in total. The van der Waals surface area contributed by atoms with E-state index < -0.39 is 33.6 Å². The molecule has 33 heavy (non-hydrogen) atoms. The van der Waals surface area contributed by atoms with Crippen molar-refractivity contribution in [3.63, 3.8) is 0 Å². The molecule has 0 aliphatic carbocycles. The van der Waals surface area contributed by atoms with Crippen LogP contribution in [0.3, 0.4) is 0 Å². The Kier molecular flexibility index (Phi) is 6.48. The van der Waals surface area contributed by atoms with Gasteiger partial charge in [0.2, 0.25) is 10.0 Å². The van der Waals surface area contributed by atoms with Gasteiger partial charge in [-0.1, -0.05) is 24.3 Å². The lowest BCUT2D eigenvalue weighted by Crippen LogP contribution is -2.50. The van der Waals surface area contributed by atoms with Gasteiger partial charge in [0.25, 0.3) is 11.8 Å². The van der Waals surface area contributed by atoms with Crippen molar-refractivity contribution in [2.45, 2.75) is 6.92 Å². The van der Waals surface area contributed by atoms with Crippen LogP contribution in [0.25, 0.3) is 0 Å². The number of nitrogens with zero attached hydrogens (tertiary/aromatic N) is 3. The maximum atomic E-state index is 12.7. The molecule has 2 aromatic rings. The topological polar surface area (TPSA) is 104 Å². The summed E-state index contributed by atoms with van der Waals surface area (Å²) in [5.74, 6) is -2.59. The first-order valence-corrected chi connectivity index (χ1v) is 12.3. The van der Waals surface area contributed by atoms with Crippen LogP contribution in [0.2, 0.25) is 0 Å². The van der Waals surface area contributed by atoms with Gasteiger partial charge in [0, 0.05) is 31.9 Å². The van der Waals surface area contributed by atoms with Crippen LogP contribution in [0, 0.1) is 6.92 Å². The summed E-state index contributed by atoms with van der Waals surface area (Å²) in [6, 6.07) is 14.5. The first-order valence-electron chi connectivity index (χ1n) is 10.7. The van der Waals surface area contributed by atoms with E-state index in [4.69, 9.17) is 4.74 Å². The minimum Gasteiger partial charge on any atom is -0.463 e. The highest BCUT2D eigenvalue weighted by atomic mass is 32.2. The average molecular weight is 472 g/mol. The molecule has 1 fully saturated rings. The number of sulfonamides is 1. The molecule has 0 aromatic heterocycles. The number of benzene rings is 2. The maximum absolute atomic E-state index is 12.7. The number of ether oxygens (including phenoxy) is 1. The van der Waals surface area contributed by atoms with Crippen LogP contribution in [-0.4, -0.2) is 80.5 Å². The minimum absolute atomic E-state index is 0.132. The number of esters is 1. The smallest absolute Gasteiger partial charge is 0.322 e. The van der Waals surface area contributed by atoms with Crippen molar-refractivity contribution in [2.24, 2.45) is 0 Å². The molecule has 0 unspecified atom stereocenters. The van der Waals surface area contributed by atoms with Crippen molar-refractivity contribution in [2.75, 3.05) is 50.0 Å². The quantitative estimate of drug-likeness (QED) is 0.443. The summed E-state index contributed by atoms with van der Waals surface area (Å²) >= 11 is 0. The Balaban J connectivity index is 1.25. The second kappa shape index (κ2) is 9.32. The highest BCUT2D eigenvalue weighted by Crippen LogP contribution is 2.22. The van der Waals surface area contributed by atoms with Gasteiger partial charge < -0.3 is 9.64 Å². The number of hydrogen-bond donors (Lipinski definition) is 0. The van der Waals surface area contributed by atoms with Gasteiger partial charge in [-0.15, -0.1) is 0 Å². The maximum Gasteiger partial charge on any atom is 0.322 e. The van der Waals surface area contributed by atoms with Gasteiger partial charge in [-0.05, 0) is 36.8 Å². The summed E-state index contributed by atoms with van der Waals surface area (Å²) in [6.07, 6.45) is 0. The Bertz CT molecular complexity index is 1150. The molecule has 2 heterocycles. The average Bonchev–Trinajstić information content (AvgIpc) is 3.04. The summed E-state index contributed by atoms with van der Waals surface area (Å²) < 4.78 is 31.6. The Hall–Kier alpha value is -3.24. The van der Waals surface area contributed by atoms with E-state index >= 15 is 0 Å². The fourth-order valence-electron chi connectivity index (χ4n) is 4.02. The van der Waals surface area contributed by atoms with Crippen LogP contribution >= 0.6 is 0 Å². The Morgan fingerprint density at radius 2 is 1.58 bits per heavy atom. The number of aryl methyl sites for hydroxylation is 1. The SMILES string of the molecule is Cc1cccc(N2CCN(S(=O)(=O)CC(=O)OCCN3C(=O)c4ccccc4C3=O)CC2)c1. The first-order chi connectivity index (χ1) is 15.8. The predicted molar refractivity (Wildman–Crippen MR) is 122 cm³/mol. The summed E-state index contributed by atoms with van der Waals surface area (Å²) in [6.45, 7) is 3.21. The number of carbonyl (C=O) groups excluding carboxylic acids is 3. The molecule has 2 amide bonds. The van der Waals surface area contributed by atoms with Gasteiger partial charge in [-0.2, -0.15) is 4.31 Å². The van der Waals surface area contributed by atoms with Crippen molar-refractivity contribution < 1.29 is 27.5 Å². The van der Waals surface area contributed by atoms with E-state index in [1.54, 1.807) is 24.3 Å². The Morgan fingerprint density at radius 1 is 0.939 bits per heavy atom. The lowest BCUT2D eigenvalue weighted by molar-refractivity contribution is -0.140. The van der Waals surface area contributed by atoms with Crippen LogP contribution in [0.5, 0.6) is 0 Å². The van der Waals surface area contributed by atoms with Gasteiger partial charge in [-0.25, -0.2) is 8.42 Å². The van der Waals surface area contributed by atoms with Crippen LogP contribution in [0.1, 0.15) is 26.3 Å². The monoisotopic (exact) mass is 471 g/mol. The van der Waals surface area contributed by atoms with E-state index in [0.717, 1.165) is 16.2 Å². The number of imide groups is 1. The van der Waals surface area contributed by atoms with Crippen molar-refractivity contribution in [3.05, 3.63) is 65.2 Å². The van der Waals surface area contributed by atoms with Crippen LogP contribution in [0.4, 0.5) is 5.69 Å². The molecule has 0 spiro atoms. The van der Waals surface area contributed by atoms with Crippen molar-refractivity contribution in [3.8, 4) is 0 Å². The molecular weight excluding hydrogens is 446 g/mol. The summed E-state index contributed by atoms with van der Waals surface area (Å²) in [5, 5.41) is 0. The molecule has 2 aromatic carbocycles.